The summed E-state index contributed by atoms with van der Waals surface area (Å²) in [6.45, 7) is 6.87. The molecule has 2 amide bonds. The van der Waals surface area contributed by atoms with Crippen LogP contribution in [0.1, 0.15) is 25.4 Å². The second-order valence-electron chi connectivity index (χ2n) is 4.49. The number of ether oxygens (including phenoxy) is 1. The van der Waals surface area contributed by atoms with Crippen LogP contribution in [-0.2, 0) is 10.3 Å². The molecule has 3 N–H and O–H groups in total. The molecule has 0 aliphatic rings. The van der Waals surface area contributed by atoms with Crippen LogP contribution in [-0.4, -0.2) is 37.4 Å². The minimum Gasteiger partial charge on any atom is -0.463 e. The van der Waals surface area contributed by atoms with E-state index in [0.29, 0.717) is 25.5 Å². The number of furan rings is 1. The first-order valence-electron chi connectivity index (χ1n) is 6.34. The van der Waals surface area contributed by atoms with Gasteiger partial charge < -0.3 is 24.9 Å². The Morgan fingerprint density at radius 1 is 1.47 bits per heavy atom. The molecule has 19 heavy (non-hydrogen) atoms. The lowest BCUT2D eigenvalue weighted by Crippen LogP contribution is -2.44. The second-order valence-corrected chi connectivity index (χ2v) is 4.49. The Bertz CT molecular complexity index is 401. The fourth-order valence-corrected chi connectivity index (χ4v) is 1.51. The van der Waals surface area contributed by atoms with Crippen LogP contribution < -0.4 is 10.6 Å². The molecule has 1 heterocycles. The Labute approximate surface area is 113 Å². The Balaban J connectivity index is 2.32. The van der Waals surface area contributed by atoms with Gasteiger partial charge in [-0.2, -0.15) is 0 Å². The smallest absolute Gasteiger partial charge is 0.314 e. The third-order valence-electron chi connectivity index (χ3n) is 2.60. The lowest BCUT2D eigenvalue weighted by atomic mass is 10.0. The average molecular weight is 270 g/mol. The molecule has 0 saturated heterocycles. The summed E-state index contributed by atoms with van der Waals surface area (Å²) in [5, 5.41) is 15.4. The summed E-state index contributed by atoms with van der Waals surface area (Å²) in [7, 11) is 0. The maximum absolute atomic E-state index is 11.5. The van der Waals surface area contributed by atoms with Crippen molar-refractivity contribution < 1.29 is 19.1 Å². The predicted molar refractivity (Wildman–Crippen MR) is 70.9 cm³/mol. The molecule has 6 nitrogen and oxygen atoms in total. The van der Waals surface area contributed by atoms with E-state index < -0.39 is 5.60 Å². The molecule has 1 aromatic heterocycles. The summed E-state index contributed by atoms with van der Waals surface area (Å²) in [5.74, 6) is 1.15. The molecular weight excluding hydrogens is 248 g/mol. The number of hydrogen-bond acceptors (Lipinski definition) is 4. The van der Waals surface area contributed by atoms with Crippen molar-refractivity contribution >= 4 is 6.03 Å². The third kappa shape index (κ3) is 5.32. The molecule has 108 valence electrons. The van der Waals surface area contributed by atoms with Gasteiger partial charge in [-0.05, 0) is 32.9 Å². The van der Waals surface area contributed by atoms with Gasteiger partial charge in [0, 0.05) is 13.2 Å². The maximum atomic E-state index is 11.5. The monoisotopic (exact) mass is 270 g/mol. The Morgan fingerprint density at radius 3 is 2.79 bits per heavy atom. The number of nitrogens with one attached hydrogen (secondary N) is 2. The molecule has 1 unspecified atom stereocenters. The second kappa shape index (κ2) is 7.16. The van der Waals surface area contributed by atoms with Crippen molar-refractivity contribution in [3.8, 4) is 0 Å². The highest BCUT2D eigenvalue weighted by molar-refractivity contribution is 5.73. The molecule has 0 aliphatic heterocycles. The first-order chi connectivity index (χ1) is 8.95. The number of hydrogen-bond donors (Lipinski definition) is 3. The normalized spacial score (nSPS) is 13.9. The number of carbonyl (C=O) groups excluding carboxylic acids is 1. The summed E-state index contributed by atoms with van der Waals surface area (Å²) in [5.41, 5.74) is -1.23. The van der Waals surface area contributed by atoms with Crippen molar-refractivity contribution in [1.29, 1.82) is 0 Å². The van der Waals surface area contributed by atoms with Gasteiger partial charge in [0.25, 0.3) is 0 Å². The molecule has 0 aromatic carbocycles. The van der Waals surface area contributed by atoms with E-state index >= 15 is 0 Å². The van der Waals surface area contributed by atoms with E-state index in [1.807, 2.05) is 6.92 Å². The maximum Gasteiger partial charge on any atom is 0.314 e. The molecular formula is C13H22N2O4. The summed E-state index contributed by atoms with van der Waals surface area (Å²) < 4.78 is 10.4. The van der Waals surface area contributed by atoms with Crippen LogP contribution in [0.15, 0.2) is 16.5 Å². The fraction of sp³-hybridized carbons (Fsp3) is 0.615. The number of aliphatic hydroxyl groups is 1. The Morgan fingerprint density at radius 2 is 2.21 bits per heavy atom. The van der Waals surface area contributed by atoms with E-state index in [4.69, 9.17) is 9.15 Å². The molecule has 0 fully saturated rings. The van der Waals surface area contributed by atoms with Gasteiger partial charge in [-0.15, -0.1) is 0 Å². The lowest BCUT2D eigenvalue weighted by Gasteiger charge is -2.21. The van der Waals surface area contributed by atoms with Crippen LogP contribution in [0, 0.1) is 6.92 Å². The summed E-state index contributed by atoms with van der Waals surface area (Å²) in [4.78, 5) is 11.5. The highest BCUT2D eigenvalue weighted by Gasteiger charge is 2.27. The van der Waals surface area contributed by atoms with Crippen LogP contribution in [0.25, 0.3) is 0 Å². The molecule has 1 rings (SSSR count). The largest absolute Gasteiger partial charge is 0.463 e. The van der Waals surface area contributed by atoms with Crippen LogP contribution in [0.3, 0.4) is 0 Å². The molecule has 0 radical (unpaired) electrons. The number of carbonyl (C=O) groups is 1. The fourth-order valence-electron chi connectivity index (χ4n) is 1.51. The molecule has 1 atom stereocenters. The van der Waals surface area contributed by atoms with Crippen LogP contribution in [0.4, 0.5) is 4.79 Å². The molecule has 1 aromatic rings. The van der Waals surface area contributed by atoms with Crippen LogP contribution >= 0.6 is 0 Å². The molecule has 0 aliphatic carbocycles. The van der Waals surface area contributed by atoms with Gasteiger partial charge in [0.15, 0.2) is 0 Å². The first-order valence-corrected chi connectivity index (χ1v) is 6.34. The SMILES string of the molecule is CCOCCNC(=O)NCC(C)(O)c1ccc(C)o1. The Kier molecular flexibility index (Phi) is 5.85. The summed E-state index contributed by atoms with van der Waals surface area (Å²) in [6, 6.07) is 3.12. The van der Waals surface area contributed by atoms with Crippen LogP contribution in [0.5, 0.6) is 0 Å². The predicted octanol–water partition coefficient (Wildman–Crippen LogP) is 1.13. The minimum atomic E-state index is -1.23. The van der Waals surface area contributed by atoms with Gasteiger partial charge in [0.2, 0.25) is 0 Å². The lowest BCUT2D eigenvalue weighted by molar-refractivity contribution is 0.0359. The van der Waals surface area contributed by atoms with Gasteiger partial charge in [-0.1, -0.05) is 0 Å². The van der Waals surface area contributed by atoms with E-state index in [9.17, 15) is 9.90 Å². The molecule has 0 saturated carbocycles. The van der Waals surface area contributed by atoms with Crippen molar-refractivity contribution in [3.63, 3.8) is 0 Å². The quantitative estimate of drug-likeness (QED) is 0.649. The average Bonchev–Trinajstić information content (AvgIpc) is 2.80. The highest BCUT2D eigenvalue weighted by Crippen LogP contribution is 2.21. The number of amides is 2. The van der Waals surface area contributed by atoms with Gasteiger partial charge >= 0.3 is 6.03 Å². The van der Waals surface area contributed by atoms with Crippen molar-refractivity contribution in [2.24, 2.45) is 0 Å². The Hall–Kier alpha value is -1.53. The zero-order valence-electron chi connectivity index (χ0n) is 11.7. The van der Waals surface area contributed by atoms with Crippen molar-refractivity contribution in [1.82, 2.24) is 10.6 Å². The van der Waals surface area contributed by atoms with Crippen molar-refractivity contribution in [3.05, 3.63) is 23.7 Å². The van der Waals surface area contributed by atoms with Gasteiger partial charge in [-0.3, -0.25) is 0 Å². The van der Waals surface area contributed by atoms with E-state index in [-0.39, 0.29) is 12.6 Å². The van der Waals surface area contributed by atoms with Gasteiger partial charge in [0.1, 0.15) is 17.1 Å². The van der Waals surface area contributed by atoms with E-state index in [2.05, 4.69) is 10.6 Å². The third-order valence-corrected chi connectivity index (χ3v) is 2.60. The summed E-state index contributed by atoms with van der Waals surface area (Å²) in [6.07, 6.45) is 0. The standard InChI is InChI=1S/C13H22N2O4/c1-4-18-8-7-14-12(16)15-9-13(3,17)11-6-5-10(2)19-11/h5-6,17H,4,7-9H2,1-3H3,(H2,14,15,16). The number of aryl methyl sites for hydroxylation is 1. The molecule has 0 bridgehead atoms. The van der Waals surface area contributed by atoms with Crippen LogP contribution in [0.2, 0.25) is 0 Å². The highest BCUT2D eigenvalue weighted by atomic mass is 16.5. The van der Waals surface area contributed by atoms with E-state index in [0.717, 1.165) is 5.76 Å². The number of rotatable bonds is 7. The van der Waals surface area contributed by atoms with Crippen molar-refractivity contribution in [2.75, 3.05) is 26.3 Å². The zero-order valence-corrected chi connectivity index (χ0v) is 11.7. The topological polar surface area (TPSA) is 83.7 Å². The summed E-state index contributed by atoms with van der Waals surface area (Å²) >= 11 is 0. The zero-order chi connectivity index (χ0) is 14.3. The minimum absolute atomic E-state index is 0.0699. The first kappa shape index (κ1) is 15.5. The van der Waals surface area contributed by atoms with E-state index in [1.54, 1.807) is 26.0 Å². The van der Waals surface area contributed by atoms with Gasteiger partial charge in [0.05, 0.1) is 13.2 Å². The van der Waals surface area contributed by atoms with Crippen molar-refractivity contribution in [2.45, 2.75) is 26.4 Å². The molecule has 0 spiro atoms. The molecule has 6 heteroatoms. The van der Waals surface area contributed by atoms with E-state index in [1.165, 1.54) is 0 Å². The van der Waals surface area contributed by atoms with Gasteiger partial charge in [-0.25, -0.2) is 4.79 Å². The number of urea groups is 1.